The summed E-state index contributed by atoms with van der Waals surface area (Å²) in [5, 5.41) is 0. The summed E-state index contributed by atoms with van der Waals surface area (Å²) < 4.78 is 0. The minimum Gasteiger partial charge on any atom is -0.347 e. The predicted octanol–water partition coefficient (Wildman–Crippen LogP) is 7.15. The van der Waals surface area contributed by atoms with Crippen LogP contribution in [0.15, 0.2) is 121 Å². The van der Waals surface area contributed by atoms with Crippen LogP contribution in [0.5, 0.6) is 0 Å². The number of para-hydroxylation sites is 2. The topological polar surface area (TPSA) is 66.4 Å². The molecule has 4 aromatic rings. The Balaban J connectivity index is 0.000000192. The van der Waals surface area contributed by atoms with Crippen molar-refractivity contribution in [3.8, 4) is 0 Å². The molecule has 0 aliphatic carbocycles. The number of nitrogens with zero attached hydrogens (tertiary/aromatic N) is 4. The number of fused-ring (bicyclic) bond motifs is 2. The second-order valence-corrected chi connectivity index (χ2v) is 11.6. The van der Waals surface area contributed by atoms with Crippen LogP contribution in [0.4, 0.5) is 11.4 Å². The Kier molecular flexibility index (Phi) is 9.18. The maximum absolute atomic E-state index is 12.4. The van der Waals surface area contributed by atoms with Gasteiger partial charge in [-0.3, -0.25) is 19.6 Å². The van der Waals surface area contributed by atoms with E-state index in [1.807, 2.05) is 62.6 Å². The van der Waals surface area contributed by atoms with E-state index in [0.29, 0.717) is 11.4 Å². The van der Waals surface area contributed by atoms with Crippen LogP contribution in [0, 0.1) is 0 Å². The monoisotopic (exact) mass is 615 g/mol. The molecule has 6 rings (SSSR count). The van der Waals surface area contributed by atoms with Crippen LogP contribution in [0.2, 0.25) is 0 Å². The Morgan fingerprint density at radius 1 is 0.581 bits per heavy atom. The van der Waals surface area contributed by atoms with Crippen LogP contribution in [0.1, 0.15) is 59.8 Å². The van der Waals surface area contributed by atoms with E-state index in [0.717, 1.165) is 22.8 Å². The van der Waals surface area contributed by atoms with Gasteiger partial charge < -0.3 is 9.80 Å². The molecule has 221 valence electrons. The van der Waals surface area contributed by atoms with E-state index in [-0.39, 0.29) is 39.2 Å². The van der Waals surface area contributed by atoms with Gasteiger partial charge in [0.2, 0.25) is 11.6 Å². The normalized spacial score (nSPS) is 17.4. The number of pyridine rings is 2. The van der Waals surface area contributed by atoms with E-state index in [1.54, 1.807) is 36.7 Å². The number of allylic oxidation sites excluding steroid dienone is 4. The fourth-order valence-corrected chi connectivity index (χ4v) is 5.93. The number of hydrogen-bond donors (Lipinski definition) is 0. The Hall–Kier alpha value is -4.33. The van der Waals surface area contributed by atoms with E-state index < -0.39 is 0 Å². The van der Waals surface area contributed by atoms with Crippen molar-refractivity contribution in [3.63, 3.8) is 0 Å². The van der Waals surface area contributed by atoms with E-state index in [2.05, 4.69) is 71.7 Å². The second-order valence-electron chi connectivity index (χ2n) is 11.6. The smallest absolute Gasteiger partial charge is 0.205 e. The molecule has 1 radical (unpaired) electrons. The Morgan fingerprint density at radius 3 is 1.26 bits per heavy atom. The third-order valence-electron chi connectivity index (χ3n) is 8.25. The van der Waals surface area contributed by atoms with Crippen LogP contribution >= 0.6 is 0 Å². The van der Waals surface area contributed by atoms with Crippen molar-refractivity contribution in [2.24, 2.45) is 0 Å². The molecular formula is C36H36CoN4O2. The first-order chi connectivity index (χ1) is 20.0. The number of rotatable bonds is 4. The minimum atomic E-state index is -0.185. The molecule has 2 aromatic heterocycles. The van der Waals surface area contributed by atoms with Crippen molar-refractivity contribution in [3.05, 3.63) is 143 Å². The fraction of sp³-hybridized carbons (Fsp3) is 0.222. The van der Waals surface area contributed by atoms with Gasteiger partial charge in [0.25, 0.3) is 0 Å². The maximum Gasteiger partial charge on any atom is 0.205 e. The van der Waals surface area contributed by atoms with Crippen molar-refractivity contribution >= 4 is 22.9 Å². The van der Waals surface area contributed by atoms with Gasteiger partial charge in [-0.15, -0.1) is 0 Å². The molecule has 2 aromatic carbocycles. The number of aromatic nitrogens is 2. The van der Waals surface area contributed by atoms with Gasteiger partial charge in [-0.1, -0.05) is 76.2 Å². The third kappa shape index (κ3) is 5.96. The Labute approximate surface area is 264 Å². The molecule has 0 atom stereocenters. The van der Waals surface area contributed by atoms with Gasteiger partial charge >= 0.3 is 0 Å². The second kappa shape index (κ2) is 12.5. The molecule has 0 unspecified atom stereocenters. The van der Waals surface area contributed by atoms with Crippen molar-refractivity contribution < 1.29 is 26.4 Å². The minimum absolute atomic E-state index is 0. The predicted molar refractivity (Wildman–Crippen MR) is 169 cm³/mol. The molecule has 0 saturated carbocycles. The van der Waals surface area contributed by atoms with Crippen molar-refractivity contribution in [1.82, 2.24) is 9.97 Å². The number of ketones is 2. The average Bonchev–Trinajstić information content (AvgIpc) is 3.32. The largest absolute Gasteiger partial charge is 0.347 e. The maximum atomic E-state index is 12.4. The first-order valence-electron chi connectivity index (χ1n) is 14.0. The van der Waals surface area contributed by atoms with Gasteiger partial charge in [0, 0.05) is 89.0 Å². The summed E-state index contributed by atoms with van der Waals surface area (Å²) in [5.41, 5.74) is 7.38. The van der Waals surface area contributed by atoms with Crippen LogP contribution < -0.4 is 9.80 Å². The molecule has 0 spiro atoms. The molecule has 2 aliphatic heterocycles. The number of likely N-dealkylation sites (N-methyl/N-ethyl adjacent to an activating group) is 2. The third-order valence-corrected chi connectivity index (χ3v) is 8.25. The van der Waals surface area contributed by atoms with E-state index >= 15 is 0 Å². The van der Waals surface area contributed by atoms with E-state index in [1.165, 1.54) is 11.1 Å². The standard InChI is InChI=1S/2C18H18N2O.Co/c2*1-18(2)13-8-4-5-10-15(13)20(3)17(18)12-16(21)14-9-6-7-11-19-14;/h2*4-12H,1-3H3;/b2*17-12-;. The molecule has 0 amide bonds. The van der Waals surface area contributed by atoms with E-state index in [4.69, 9.17) is 0 Å². The number of carbonyl (C=O) groups excluding carboxylic acids is 2. The number of hydrogen-bond acceptors (Lipinski definition) is 6. The summed E-state index contributed by atoms with van der Waals surface area (Å²) in [6.45, 7) is 8.58. The van der Waals surface area contributed by atoms with Gasteiger partial charge in [0.1, 0.15) is 11.4 Å². The van der Waals surface area contributed by atoms with Gasteiger partial charge in [-0.2, -0.15) is 0 Å². The average molecular weight is 616 g/mol. The molecule has 0 bridgehead atoms. The summed E-state index contributed by atoms with van der Waals surface area (Å²) in [6, 6.07) is 27.3. The van der Waals surface area contributed by atoms with Crippen molar-refractivity contribution in [2.45, 2.75) is 38.5 Å². The summed E-state index contributed by atoms with van der Waals surface area (Å²) in [5.74, 6) is -0.114. The quantitative estimate of drug-likeness (QED) is 0.180. The molecule has 4 heterocycles. The number of carbonyl (C=O) groups is 2. The molecule has 43 heavy (non-hydrogen) atoms. The fourth-order valence-electron chi connectivity index (χ4n) is 5.93. The van der Waals surface area contributed by atoms with Crippen LogP contribution in [-0.4, -0.2) is 35.6 Å². The van der Waals surface area contributed by atoms with Crippen LogP contribution in [0.25, 0.3) is 0 Å². The Morgan fingerprint density at radius 2 is 0.930 bits per heavy atom. The first kappa shape index (κ1) is 31.6. The Bertz CT molecular complexity index is 1570. The van der Waals surface area contributed by atoms with Gasteiger partial charge in [0.05, 0.1) is 0 Å². The number of anilines is 2. The SMILES string of the molecule is CN1/C(=C\C(=O)c2ccccn2)C(C)(C)c2ccccc21.CN1/C(=C\C(=O)c2ccccn2)C(C)(C)c2ccccc21.[Co]. The zero-order chi connectivity index (χ0) is 30.1. The van der Waals surface area contributed by atoms with Crippen molar-refractivity contribution in [1.29, 1.82) is 0 Å². The molecular weight excluding hydrogens is 579 g/mol. The van der Waals surface area contributed by atoms with Crippen molar-refractivity contribution in [2.75, 3.05) is 23.9 Å². The first-order valence-corrected chi connectivity index (χ1v) is 14.0. The molecule has 6 nitrogen and oxygen atoms in total. The van der Waals surface area contributed by atoms with Crippen LogP contribution in [-0.2, 0) is 27.6 Å². The number of benzene rings is 2. The van der Waals surface area contributed by atoms with Gasteiger partial charge in [0.15, 0.2) is 0 Å². The molecule has 7 heteroatoms. The summed E-state index contributed by atoms with van der Waals surface area (Å²) >= 11 is 0. The van der Waals surface area contributed by atoms with Crippen LogP contribution in [0.3, 0.4) is 0 Å². The van der Waals surface area contributed by atoms with Gasteiger partial charge in [-0.25, -0.2) is 0 Å². The molecule has 0 fully saturated rings. The molecule has 0 saturated heterocycles. The van der Waals surface area contributed by atoms with Gasteiger partial charge in [-0.05, 0) is 47.5 Å². The summed E-state index contributed by atoms with van der Waals surface area (Å²) in [6.07, 6.45) is 6.71. The summed E-state index contributed by atoms with van der Waals surface area (Å²) in [4.78, 5) is 37.3. The zero-order valence-corrected chi connectivity index (χ0v) is 26.4. The zero-order valence-electron chi connectivity index (χ0n) is 25.3. The van der Waals surface area contributed by atoms with E-state index in [9.17, 15) is 9.59 Å². The summed E-state index contributed by atoms with van der Waals surface area (Å²) in [7, 11) is 4.01. The molecule has 0 N–H and O–H groups in total. The molecule has 2 aliphatic rings.